The third kappa shape index (κ3) is 3.00. The van der Waals surface area contributed by atoms with Crippen LogP contribution in [-0.2, 0) is 6.42 Å². The molecule has 0 saturated carbocycles. The van der Waals surface area contributed by atoms with Gasteiger partial charge in [-0.3, -0.25) is 0 Å². The van der Waals surface area contributed by atoms with Crippen molar-refractivity contribution in [3.05, 3.63) is 59.9 Å². The molecule has 2 aromatic carbocycles. The Morgan fingerprint density at radius 1 is 1.11 bits per heavy atom. The summed E-state index contributed by atoms with van der Waals surface area (Å²) in [5, 5.41) is 0. The molecule has 0 saturated heterocycles. The van der Waals surface area contributed by atoms with Gasteiger partial charge in [0.05, 0.1) is 5.69 Å². The fourth-order valence-corrected chi connectivity index (χ4v) is 1.89. The smallest absolute Gasteiger partial charge is 0.148 e. The predicted octanol–water partition coefficient (Wildman–Crippen LogP) is 3.09. The summed E-state index contributed by atoms with van der Waals surface area (Å²) >= 11 is 0. The number of nitrogen functional groups attached to an aromatic ring is 1. The van der Waals surface area contributed by atoms with E-state index in [0.29, 0.717) is 11.4 Å². The second-order valence-corrected chi connectivity index (χ2v) is 4.37. The molecule has 0 spiro atoms. The zero-order valence-corrected chi connectivity index (χ0v) is 10.4. The van der Waals surface area contributed by atoms with E-state index in [0.717, 1.165) is 13.0 Å². The second-order valence-electron chi connectivity index (χ2n) is 4.37. The van der Waals surface area contributed by atoms with Gasteiger partial charge in [-0.15, -0.1) is 0 Å². The van der Waals surface area contributed by atoms with Crippen LogP contribution >= 0.6 is 0 Å². The van der Waals surface area contributed by atoms with E-state index in [2.05, 4.69) is 12.1 Å². The fourth-order valence-electron chi connectivity index (χ4n) is 1.89. The zero-order valence-electron chi connectivity index (χ0n) is 10.4. The van der Waals surface area contributed by atoms with Crippen molar-refractivity contribution in [1.29, 1.82) is 0 Å². The van der Waals surface area contributed by atoms with E-state index in [-0.39, 0.29) is 5.82 Å². The molecule has 0 unspecified atom stereocenters. The number of nitrogens with zero attached hydrogens (tertiary/aromatic N) is 1. The van der Waals surface area contributed by atoms with Gasteiger partial charge < -0.3 is 10.6 Å². The number of nitrogens with two attached hydrogens (primary N) is 1. The average Bonchev–Trinajstić information content (AvgIpc) is 2.37. The molecule has 0 fully saturated rings. The first-order chi connectivity index (χ1) is 8.66. The minimum atomic E-state index is -0.273. The van der Waals surface area contributed by atoms with Crippen LogP contribution in [0.25, 0.3) is 0 Å². The molecule has 0 atom stereocenters. The molecule has 0 aliphatic carbocycles. The molecule has 2 aromatic rings. The van der Waals surface area contributed by atoms with Crippen LogP contribution in [0.1, 0.15) is 5.56 Å². The molecule has 0 radical (unpaired) electrons. The van der Waals surface area contributed by atoms with Crippen LogP contribution in [0.5, 0.6) is 0 Å². The molecule has 0 aliphatic rings. The third-order valence-corrected chi connectivity index (χ3v) is 2.96. The molecule has 0 aliphatic heterocycles. The van der Waals surface area contributed by atoms with Crippen molar-refractivity contribution in [2.45, 2.75) is 6.42 Å². The standard InChI is InChI=1S/C15H17FN2/c1-18(10-9-12-5-3-2-4-6-12)15-8-7-13(17)11-14(15)16/h2-8,11H,9-10,17H2,1H3. The van der Waals surface area contributed by atoms with Crippen molar-refractivity contribution in [2.24, 2.45) is 0 Å². The quantitative estimate of drug-likeness (QED) is 0.837. The van der Waals surface area contributed by atoms with E-state index in [1.54, 1.807) is 12.1 Å². The molecule has 18 heavy (non-hydrogen) atoms. The van der Waals surface area contributed by atoms with Crippen molar-refractivity contribution in [3.8, 4) is 0 Å². The molecule has 2 nitrogen and oxygen atoms in total. The Kier molecular flexibility index (Phi) is 3.82. The average molecular weight is 244 g/mol. The highest BCUT2D eigenvalue weighted by Crippen LogP contribution is 2.20. The van der Waals surface area contributed by atoms with Crippen molar-refractivity contribution in [3.63, 3.8) is 0 Å². The van der Waals surface area contributed by atoms with Gasteiger partial charge in [-0.25, -0.2) is 4.39 Å². The molecule has 2 rings (SSSR count). The SMILES string of the molecule is CN(CCc1ccccc1)c1ccc(N)cc1F. The van der Waals surface area contributed by atoms with E-state index in [4.69, 9.17) is 5.73 Å². The molecule has 0 heterocycles. The Balaban J connectivity index is 2.01. The highest BCUT2D eigenvalue weighted by Gasteiger charge is 2.07. The second kappa shape index (κ2) is 5.54. The Labute approximate surface area is 107 Å². The number of hydrogen-bond donors (Lipinski definition) is 1. The van der Waals surface area contributed by atoms with Gasteiger partial charge in [0.15, 0.2) is 0 Å². The third-order valence-electron chi connectivity index (χ3n) is 2.96. The largest absolute Gasteiger partial charge is 0.399 e. The van der Waals surface area contributed by atoms with Crippen LogP contribution in [0.4, 0.5) is 15.8 Å². The van der Waals surface area contributed by atoms with Gasteiger partial charge in [0.25, 0.3) is 0 Å². The normalized spacial score (nSPS) is 10.3. The maximum Gasteiger partial charge on any atom is 0.148 e. The molecular formula is C15H17FN2. The van der Waals surface area contributed by atoms with Gasteiger partial charge in [-0.05, 0) is 30.2 Å². The molecule has 2 N–H and O–H groups in total. The minimum Gasteiger partial charge on any atom is -0.399 e. The summed E-state index contributed by atoms with van der Waals surface area (Å²) in [5.41, 5.74) is 7.82. The minimum absolute atomic E-state index is 0.273. The van der Waals surface area contributed by atoms with Gasteiger partial charge in [0.2, 0.25) is 0 Å². The Bertz CT molecular complexity index is 511. The van der Waals surface area contributed by atoms with Crippen molar-refractivity contribution < 1.29 is 4.39 Å². The summed E-state index contributed by atoms with van der Waals surface area (Å²) in [6.07, 6.45) is 0.890. The molecule has 3 heteroatoms. The summed E-state index contributed by atoms with van der Waals surface area (Å²) in [7, 11) is 1.89. The molecule has 0 bridgehead atoms. The Morgan fingerprint density at radius 2 is 1.83 bits per heavy atom. The number of likely N-dealkylation sites (N-methyl/N-ethyl adjacent to an activating group) is 1. The lowest BCUT2D eigenvalue weighted by atomic mass is 10.1. The maximum absolute atomic E-state index is 13.7. The topological polar surface area (TPSA) is 29.3 Å². The molecular weight excluding hydrogens is 227 g/mol. The molecule has 94 valence electrons. The monoisotopic (exact) mass is 244 g/mol. The van der Waals surface area contributed by atoms with Crippen LogP contribution in [-0.4, -0.2) is 13.6 Å². The fraction of sp³-hybridized carbons (Fsp3) is 0.200. The summed E-state index contributed by atoms with van der Waals surface area (Å²) in [5.74, 6) is -0.273. The first kappa shape index (κ1) is 12.4. The van der Waals surface area contributed by atoms with Crippen LogP contribution in [0.3, 0.4) is 0 Å². The number of benzene rings is 2. The van der Waals surface area contributed by atoms with Crippen molar-refractivity contribution in [1.82, 2.24) is 0 Å². The van der Waals surface area contributed by atoms with Crippen LogP contribution in [0.2, 0.25) is 0 Å². The lowest BCUT2D eigenvalue weighted by molar-refractivity contribution is 0.623. The summed E-state index contributed by atoms with van der Waals surface area (Å²) < 4.78 is 13.7. The molecule has 0 aromatic heterocycles. The highest BCUT2D eigenvalue weighted by molar-refractivity contribution is 5.54. The zero-order chi connectivity index (χ0) is 13.0. The molecule has 0 amide bonds. The predicted molar refractivity (Wildman–Crippen MR) is 74.2 cm³/mol. The first-order valence-corrected chi connectivity index (χ1v) is 5.97. The number of rotatable bonds is 4. The summed E-state index contributed by atoms with van der Waals surface area (Å²) in [6.45, 7) is 0.769. The van der Waals surface area contributed by atoms with Crippen LogP contribution in [0.15, 0.2) is 48.5 Å². The lowest BCUT2D eigenvalue weighted by Gasteiger charge is -2.20. The summed E-state index contributed by atoms with van der Waals surface area (Å²) in [4.78, 5) is 1.90. The van der Waals surface area contributed by atoms with E-state index < -0.39 is 0 Å². The van der Waals surface area contributed by atoms with Gasteiger partial charge in [-0.1, -0.05) is 30.3 Å². The van der Waals surface area contributed by atoms with Gasteiger partial charge in [0, 0.05) is 19.3 Å². The number of anilines is 2. The maximum atomic E-state index is 13.7. The highest BCUT2D eigenvalue weighted by atomic mass is 19.1. The van der Waals surface area contributed by atoms with Crippen LogP contribution in [0, 0.1) is 5.82 Å². The van der Waals surface area contributed by atoms with Crippen molar-refractivity contribution >= 4 is 11.4 Å². The van der Waals surface area contributed by atoms with Gasteiger partial charge in [-0.2, -0.15) is 0 Å². The lowest BCUT2D eigenvalue weighted by Crippen LogP contribution is -2.21. The summed E-state index contributed by atoms with van der Waals surface area (Å²) in [6, 6.07) is 15.0. The van der Waals surface area contributed by atoms with Crippen molar-refractivity contribution in [2.75, 3.05) is 24.2 Å². The Hall–Kier alpha value is -2.03. The van der Waals surface area contributed by atoms with Gasteiger partial charge >= 0.3 is 0 Å². The number of hydrogen-bond acceptors (Lipinski definition) is 2. The van der Waals surface area contributed by atoms with Gasteiger partial charge in [0.1, 0.15) is 5.82 Å². The van der Waals surface area contributed by atoms with E-state index >= 15 is 0 Å². The number of halogens is 1. The van der Waals surface area contributed by atoms with Crippen LogP contribution < -0.4 is 10.6 Å². The Morgan fingerprint density at radius 3 is 2.50 bits per heavy atom. The first-order valence-electron chi connectivity index (χ1n) is 5.97. The van der Waals surface area contributed by atoms with E-state index in [1.165, 1.54) is 11.6 Å². The van der Waals surface area contributed by atoms with E-state index in [1.807, 2.05) is 30.1 Å². The van der Waals surface area contributed by atoms with E-state index in [9.17, 15) is 4.39 Å².